The Morgan fingerprint density at radius 3 is 2.70 bits per heavy atom. The Labute approximate surface area is 131 Å². The minimum absolute atomic E-state index is 0.164. The number of thioether (sulfide) groups is 1. The van der Waals surface area contributed by atoms with Gasteiger partial charge in [-0.25, -0.2) is 4.79 Å². The van der Waals surface area contributed by atoms with Crippen molar-refractivity contribution in [3.8, 4) is 0 Å². The fourth-order valence-electron chi connectivity index (χ4n) is 1.28. The first-order valence-electron chi connectivity index (χ1n) is 6.14. The van der Waals surface area contributed by atoms with Gasteiger partial charge in [0.15, 0.2) is 0 Å². The quantitative estimate of drug-likeness (QED) is 0.557. The molecule has 4 N–H and O–H groups in total. The largest absolute Gasteiger partial charge is 0.399 e. The smallest absolute Gasteiger partial charge is 0.321 e. The standard InChI is InChI=1S/C13H18BrN3O2S/c1-8(2)6-16-13(19)17-12(18)7-20-11-4-3-9(15)5-10(11)14/h3-5,8H,6-7,15H2,1-2H3,(H2,16,17,18,19). The summed E-state index contributed by atoms with van der Waals surface area (Å²) in [4.78, 5) is 23.9. The van der Waals surface area contributed by atoms with E-state index in [1.807, 2.05) is 19.9 Å². The maximum atomic E-state index is 11.6. The Morgan fingerprint density at radius 1 is 1.40 bits per heavy atom. The topological polar surface area (TPSA) is 84.2 Å². The van der Waals surface area contributed by atoms with Crippen molar-refractivity contribution >= 4 is 45.3 Å². The first-order chi connectivity index (χ1) is 9.38. The number of imide groups is 1. The average molecular weight is 360 g/mol. The molecular formula is C13H18BrN3O2S. The van der Waals surface area contributed by atoms with Crippen LogP contribution >= 0.6 is 27.7 Å². The predicted octanol–water partition coefficient (Wildman–Crippen LogP) is 2.61. The van der Waals surface area contributed by atoms with Gasteiger partial charge < -0.3 is 11.1 Å². The number of hydrogen-bond donors (Lipinski definition) is 3. The zero-order chi connectivity index (χ0) is 15.1. The number of carbonyl (C=O) groups is 2. The molecule has 0 atom stereocenters. The predicted molar refractivity (Wildman–Crippen MR) is 85.7 cm³/mol. The summed E-state index contributed by atoms with van der Waals surface area (Å²) >= 11 is 4.71. The third kappa shape index (κ3) is 6.29. The first kappa shape index (κ1) is 16.8. The van der Waals surface area contributed by atoms with E-state index in [-0.39, 0.29) is 11.7 Å². The summed E-state index contributed by atoms with van der Waals surface area (Å²) in [6.45, 7) is 4.50. The molecule has 20 heavy (non-hydrogen) atoms. The van der Waals surface area contributed by atoms with Crippen molar-refractivity contribution in [1.29, 1.82) is 0 Å². The summed E-state index contributed by atoms with van der Waals surface area (Å²) in [5.74, 6) is 0.174. The van der Waals surface area contributed by atoms with Crippen LogP contribution in [0.3, 0.4) is 0 Å². The Kier molecular flexibility index (Phi) is 6.87. The number of rotatable bonds is 5. The monoisotopic (exact) mass is 359 g/mol. The zero-order valence-corrected chi connectivity index (χ0v) is 13.8. The molecule has 110 valence electrons. The van der Waals surface area contributed by atoms with E-state index in [4.69, 9.17) is 5.73 Å². The van der Waals surface area contributed by atoms with Gasteiger partial charge in [0, 0.05) is 21.6 Å². The second kappa shape index (κ2) is 8.16. The van der Waals surface area contributed by atoms with Crippen LogP contribution in [-0.4, -0.2) is 24.2 Å². The van der Waals surface area contributed by atoms with Crippen LogP contribution in [0.15, 0.2) is 27.6 Å². The second-order valence-electron chi connectivity index (χ2n) is 4.63. The minimum atomic E-state index is -0.458. The van der Waals surface area contributed by atoms with Crippen molar-refractivity contribution in [2.75, 3.05) is 18.0 Å². The number of amides is 3. The summed E-state index contributed by atoms with van der Waals surface area (Å²) in [6, 6.07) is 4.91. The van der Waals surface area contributed by atoms with E-state index in [1.165, 1.54) is 11.8 Å². The van der Waals surface area contributed by atoms with E-state index in [1.54, 1.807) is 12.1 Å². The molecule has 1 aromatic rings. The molecule has 5 nitrogen and oxygen atoms in total. The van der Waals surface area contributed by atoms with Crippen LogP contribution < -0.4 is 16.4 Å². The Hall–Kier alpha value is -1.21. The molecule has 0 aliphatic heterocycles. The van der Waals surface area contributed by atoms with Gasteiger partial charge in [-0.2, -0.15) is 0 Å². The fourth-order valence-corrected chi connectivity index (χ4v) is 2.74. The number of hydrogen-bond acceptors (Lipinski definition) is 4. The number of nitrogens with one attached hydrogen (secondary N) is 2. The number of carbonyl (C=O) groups excluding carboxylic acids is 2. The molecule has 0 fully saturated rings. The number of urea groups is 1. The third-order valence-electron chi connectivity index (χ3n) is 2.24. The van der Waals surface area contributed by atoms with Gasteiger partial charge in [-0.1, -0.05) is 13.8 Å². The number of anilines is 1. The maximum absolute atomic E-state index is 11.6. The summed E-state index contributed by atoms with van der Waals surface area (Å²) in [5.41, 5.74) is 6.29. The van der Waals surface area contributed by atoms with Gasteiger partial charge in [-0.05, 0) is 40.0 Å². The molecule has 1 aromatic carbocycles. The lowest BCUT2D eigenvalue weighted by molar-refractivity contribution is -0.117. The molecule has 0 heterocycles. The number of halogens is 1. The van der Waals surface area contributed by atoms with E-state index in [9.17, 15) is 9.59 Å². The molecule has 0 unspecified atom stereocenters. The van der Waals surface area contributed by atoms with Crippen LogP contribution in [0.4, 0.5) is 10.5 Å². The van der Waals surface area contributed by atoms with E-state index < -0.39 is 6.03 Å². The van der Waals surface area contributed by atoms with E-state index in [2.05, 4.69) is 26.6 Å². The van der Waals surface area contributed by atoms with Crippen LogP contribution in [0.5, 0.6) is 0 Å². The molecule has 0 saturated carbocycles. The number of nitrogens with two attached hydrogens (primary N) is 1. The SMILES string of the molecule is CC(C)CNC(=O)NC(=O)CSc1ccc(N)cc1Br. The fraction of sp³-hybridized carbons (Fsp3) is 0.385. The molecule has 0 saturated heterocycles. The van der Waals surface area contributed by atoms with E-state index >= 15 is 0 Å². The Bertz CT molecular complexity index is 495. The van der Waals surface area contributed by atoms with Gasteiger partial charge in [0.05, 0.1) is 5.75 Å². The Morgan fingerprint density at radius 2 is 2.10 bits per heavy atom. The van der Waals surface area contributed by atoms with Crippen molar-refractivity contribution in [2.24, 2.45) is 5.92 Å². The summed E-state index contributed by atoms with van der Waals surface area (Å²) in [6.07, 6.45) is 0. The summed E-state index contributed by atoms with van der Waals surface area (Å²) in [5, 5.41) is 4.91. The molecule has 0 bridgehead atoms. The van der Waals surface area contributed by atoms with E-state index in [0.717, 1.165) is 9.37 Å². The minimum Gasteiger partial charge on any atom is -0.399 e. The van der Waals surface area contributed by atoms with Crippen LogP contribution in [0.1, 0.15) is 13.8 Å². The van der Waals surface area contributed by atoms with Gasteiger partial charge in [-0.3, -0.25) is 10.1 Å². The second-order valence-corrected chi connectivity index (χ2v) is 6.50. The van der Waals surface area contributed by atoms with Crippen LogP contribution in [-0.2, 0) is 4.79 Å². The molecule has 0 aromatic heterocycles. The van der Waals surface area contributed by atoms with Gasteiger partial charge in [0.1, 0.15) is 0 Å². The summed E-state index contributed by atoms with van der Waals surface area (Å²) in [7, 11) is 0. The maximum Gasteiger partial charge on any atom is 0.321 e. The normalized spacial score (nSPS) is 10.4. The average Bonchev–Trinajstić information content (AvgIpc) is 2.35. The van der Waals surface area contributed by atoms with Crippen molar-refractivity contribution in [3.05, 3.63) is 22.7 Å². The molecule has 0 aliphatic rings. The number of nitrogen functional groups attached to an aromatic ring is 1. The molecule has 1 rings (SSSR count). The Balaban J connectivity index is 2.38. The molecule has 0 radical (unpaired) electrons. The van der Waals surface area contributed by atoms with Crippen LogP contribution in [0.2, 0.25) is 0 Å². The molecule has 3 amide bonds. The van der Waals surface area contributed by atoms with Crippen LogP contribution in [0.25, 0.3) is 0 Å². The highest BCUT2D eigenvalue weighted by Gasteiger charge is 2.09. The van der Waals surface area contributed by atoms with Crippen molar-refractivity contribution in [3.63, 3.8) is 0 Å². The molecule has 7 heteroatoms. The van der Waals surface area contributed by atoms with E-state index in [0.29, 0.717) is 18.2 Å². The van der Waals surface area contributed by atoms with Crippen molar-refractivity contribution in [2.45, 2.75) is 18.7 Å². The van der Waals surface area contributed by atoms with Crippen LogP contribution in [0, 0.1) is 5.92 Å². The third-order valence-corrected chi connectivity index (χ3v) is 4.23. The first-order valence-corrected chi connectivity index (χ1v) is 7.92. The lowest BCUT2D eigenvalue weighted by atomic mass is 10.2. The van der Waals surface area contributed by atoms with Gasteiger partial charge in [0.25, 0.3) is 0 Å². The van der Waals surface area contributed by atoms with Crippen molar-refractivity contribution < 1.29 is 9.59 Å². The zero-order valence-electron chi connectivity index (χ0n) is 11.4. The molecule has 0 spiro atoms. The van der Waals surface area contributed by atoms with Gasteiger partial charge in [0.2, 0.25) is 5.91 Å². The molecular weight excluding hydrogens is 342 g/mol. The highest BCUT2D eigenvalue weighted by Crippen LogP contribution is 2.28. The highest BCUT2D eigenvalue weighted by atomic mass is 79.9. The highest BCUT2D eigenvalue weighted by molar-refractivity contribution is 9.10. The van der Waals surface area contributed by atoms with Gasteiger partial charge >= 0.3 is 6.03 Å². The number of benzene rings is 1. The van der Waals surface area contributed by atoms with Gasteiger partial charge in [-0.15, -0.1) is 11.8 Å². The lowest BCUT2D eigenvalue weighted by Gasteiger charge is -2.09. The summed E-state index contributed by atoms with van der Waals surface area (Å²) < 4.78 is 0.833. The van der Waals surface area contributed by atoms with Crippen molar-refractivity contribution in [1.82, 2.24) is 10.6 Å². The molecule has 0 aliphatic carbocycles. The lowest BCUT2D eigenvalue weighted by Crippen LogP contribution is -2.41.